The molecule has 0 aliphatic carbocycles. The number of morpholine rings is 2. The summed E-state index contributed by atoms with van der Waals surface area (Å²) in [5.41, 5.74) is 6.63. The third-order valence-electron chi connectivity index (χ3n) is 6.11. The number of pyridine rings is 1. The van der Waals surface area contributed by atoms with E-state index in [4.69, 9.17) is 15.2 Å². The first kappa shape index (κ1) is 25.7. The highest BCUT2D eigenvalue weighted by Crippen LogP contribution is 2.30. The minimum absolute atomic E-state index is 0.179. The molecule has 12 nitrogen and oxygen atoms in total. The molecule has 13 heteroatoms. The predicted octanol–water partition coefficient (Wildman–Crippen LogP) is 0.629. The van der Waals surface area contributed by atoms with Gasteiger partial charge in [-0.15, -0.1) is 0 Å². The molecule has 0 unspecified atom stereocenters. The van der Waals surface area contributed by atoms with Gasteiger partial charge in [0.05, 0.1) is 49.5 Å². The first-order chi connectivity index (χ1) is 17.1. The van der Waals surface area contributed by atoms with Crippen LogP contribution in [0.5, 0.6) is 0 Å². The van der Waals surface area contributed by atoms with E-state index in [1.165, 1.54) is 7.05 Å². The summed E-state index contributed by atoms with van der Waals surface area (Å²) in [4.78, 5) is 33.6. The molecule has 1 aromatic heterocycles. The second kappa shape index (κ2) is 10.7. The molecule has 3 heterocycles. The number of hydrogen-bond acceptors (Lipinski definition) is 9. The van der Waals surface area contributed by atoms with E-state index < -0.39 is 15.9 Å². The quantitative estimate of drug-likeness (QED) is 0.538. The van der Waals surface area contributed by atoms with E-state index in [1.807, 2.05) is 4.90 Å². The maximum Gasteiger partial charge on any atom is 0.256 e. The van der Waals surface area contributed by atoms with Crippen LogP contribution in [0.3, 0.4) is 0 Å². The average molecular weight is 519 g/mol. The van der Waals surface area contributed by atoms with E-state index in [0.717, 1.165) is 10.6 Å². The number of carbonyl (C=O) groups excluding carboxylic acids is 2. The number of aromatic nitrogens is 1. The van der Waals surface area contributed by atoms with Crippen molar-refractivity contribution >= 4 is 44.8 Å². The molecule has 2 amide bonds. The number of nitrogens with zero attached hydrogens (tertiary/aromatic N) is 4. The van der Waals surface area contributed by atoms with Gasteiger partial charge < -0.3 is 30.3 Å². The summed E-state index contributed by atoms with van der Waals surface area (Å²) >= 11 is 0. The lowest BCUT2D eigenvalue weighted by molar-refractivity contribution is 0.0303. The Hall–Kier alpha value is -3.42. The zero-order valence-electron chi connectivity index (χ0n) is 20.3. The lowest BCUT2D eigenvalue weighted by Crippen LogP contribution is -2.41. The number of rotatable bonds is 7. The molecular formula is C23H30N6O6S. The van der Waals surface area contributed by atoms with Crippen molar-refractivity contribution in [2.45, 2.75) is 0 Å². The number of sulfonamides is 1. The molecule has 2 fully saturated rings. The Morgan fingerprint density at radius 1 is 1.00 bits per heavy atom. The molecule has 194 valence electrons. The van der Waals surface area contributed by atoms with Crippen LogP contribution >= 0.6 is 0 Å². The smallest absolute Gasteiger partial charge is 0.256 e. The summed E-state index contributed by atoms with van der Waals surface area (Å²) < 4.78 is 36.5. The summed E-state index contributed by atoms with van der Waals surface area (Å²) in [6.45, 7) is 4.13. The third-order valence-corrected chi connectivity index (χ3v) is 7.30. The maximum atomic E-state index is 13.2. The molecule has 36 heavy (non-hydrogen) atoms. The summed E-state index contributed by atoms with van der Waals surface area (Å²) in [5, 5.41) is 3.09. The number of nitrogens with two attached hydrogens (primary N) is 1. The van der Waals surface area contributed by atoms with Crippen LogP contribution in [-0.4, -0.2) is 96.0 Å². The van der Waals surface area contributed by atoms with Crippen LogP contribution in [0.25, 0.3) is 0 Å². The summed E-state index contributed by atoms with van der Waals surface area (Å²) in [7, 11) is -2.29. The molecule has 3 N–H and O–H groups in total. The number of primary amides is 1. The van der Waals surface area contributed by atoms with Crippen molar-refractivity contribution in [3.63, 3.8) is 0 Å². The number of nitrogens with one attached hydrogen (secondary N) is 1. The fourth-order valence-corrected chi connectivity index (χ4v) is 4.52. The molecule has 0 bridgehead atoms. The fraction of sp³-hybridized carbons (Fsp3) is 0.435. The highest BCUT2D eigenvalue weighted by molar-refractivity contribution is 7.92. The van der Waals surface area contributed by atoms with Crippen LogP contribution in [0, 0.1) is 0 Å². The highest BCUT2D eigenvalue weighted by atomic mass is 32.2. The van der Waals surface area contributed by atoms with Gasteiger partial charge in [-0.25, -0.2) is 13.4 Å². The van der Waals surface area contributed by atoms with Crippen molar-refractivity contribution in [3.05, 3.63) is 41.5 Å². The lowest BCUT2D eigenvalue weighted by atomic mass is 10.1. The Bertz CT molecular complexity index is 1240. The topological polar surface area (TPSA) is 147 Å². The fourth-order valence-electron chi connectivity index (χ4n) is 4.01. The number of ether oxygens (including phenoxy) is 2. The molecule has 1 aromatic carbocycles. The molecule has 2 saturated heterocycles. The summed E-state index contributed by atoms with van der Waals surface area (Å²) in [5.74, 6) is -0.0724. The molecule has 2 aromatic rings. The van der Waals surface area contributed by atoms with Crippen molar-refractivity contribution in [1.82, 2.24) is 9.88 Å². The second-order valence-electron chi connectivity index (χ2n) is 8.52. The second-order valence-corrected chi connectivity index (χ2v) is 10.5. The number of carbonyl (C=O) groups is 2. The van der Waals surface area contributed by atoms with Gasteiger partial charge in [-0.05, 0) is 30.3 Å². The van der Waals surface area contributed by atoms with Crippen LogP contribution in [0.15, 0.2) is 30.3 Å². The van der Waals surface area contributed by atoms with Crippen LogP contribution in [0.2, 0.25) is 0 Å². The predicted molar refractivity (Wildman–Crippen MR) is 135 cm³/mol. The SMILES string of the molecule is CN(c1cc(Nc2nc(N3CCOCC3)ccc2C(N)=O)ccc1C(=O)N1CCOCC1)S(C)(=O)=O. The van der Waals surface area contributed by atoms with Crippen LogP contribution in [0.4, 0.5) is 23.0 Å². The van der Waals surface area contributed by atoms with Crippen molar-refractivity contribution in [1.29, 1.82) is 0 Å². The molecule has 0 saturated carbocycles. The maximum absolute atomic E-state index is 13.2. The van der Waals surface area contributed by atoms with Gasteiger partial charge in [0, 0.05) is 38.9 Å². The van der Waals surface area contributed by atoms with Crippen molar-refractivity contribution in [2.24, 2.45) is 5.73 Å². The van der Waals surface area contributed by atoms with Crippen LogP contribution in [-0.2, 0) is 19.5 Å². The van der Waals surface area contributed by atoms with Gasteiger partial charge in [-0.2, -0.15) is 0 Å². The zero-order valence-corrected chi connectivity index (χ0v) is 21.1. The molecular weight excluding hydrogens is 488 g/mol. The molecule has 4 rings (SSSR count). The van der Waals surface area contributed by atoms with Crippen molar-refractivity contribution in [3.8, 4) is 0 Å². The minimum Gasteiger partial charge on any atom is -0.378 e. The summed E-state index contributed by atoms with van der Waals surface area (Å²) in [6, 6.07) is 8.07. The molecule has 0 spiro atoms. The normalized spacial score (nSPS) is 16.5. The van der Waals surface area contributed by atoms with E-state index in [-0.39, 0.29) is 28.5 Å². The molecule has 0 radical (unpaired) electrons. The van der Waals surface area contributed by atoms with Gasteiger partial charge in [0.1, 0.15) is 11.6 Å². The molecule has 2 aliphatic rings. The Morgan fingerprint density at radius 2 is 1.61 bits per heavy atom. The number of benzene rings is 1. The van der Waals surface area contributed by atoms with E-state index in [0.29, 0.717) is 64.1 Å². The largest absolute Gasteiger partial charge is 0.378 e. The lowest BCUT2D eigenvalue weighted by Gasteiger charge is -2.29. The molecule has 2 aliphatic heterocycles. The minimum atomic E-state index is -3.67. The van der Waals surface area contributed by atoms with E-state index >= 15 is 0 Å². The van der Waals surface area contributed by atoms with E-state index in [2.05, 4.69) is 10.3 Å². The average Bonchev–Trinajstić information content (AvgIpc) is 2.88. The van der Waals surface area contributed by atoms with Crippen molar-refractivity contribution < 1.29 is 27.5 Å². The van der Waals surface area contributed by atoms with Gasteiger partial charge in [0.25, 0.3) is 11.8 Å². The summed E-state index contributed by atoms with van der Waals surface area (Å²) in [6.07, 6.45) is 1.06. The van der Waals surface area contributed by atoms with E-state index in [1.54, 1.807) is 35.2 Å². The highest BCUT2D eigenvalue weighted by Gasteiger charge is 2.26. The first-order valence-electron chi connectivity index (χ1n) is 11.5. The van der Waals surface area contributed by atoms with Crippen LogP contribution < -0.4 is 20.3 Å². The van der Waals surface area contributed by atoms with Crippen LogP contribution in [0.1, 0.15) is 20.7 Å². The number of anilines is 4. The van der Waals surface area contributed by atoms with Gasteiger partial charge in [-0.1, -0.05) is 0 Å². The van der Waals surface area contributed by atoms with E-state index in [9.17, 15) is 18.0 Å². The molecule has 0 atom stereocenters. The number of hydrogen-bond donors (Lipinski definition) is 2. The Balaban J connectivity index is 1.71. The van der Waals surface area contributed by atoms with Gasteiger partial charge in [0.2, 0.25) is 10.0 Å². The van der Waals surface area contributed by atoms with Crippen molar-refractivity contribution in [2.75, 3.05) is 80.4 Å². The Kier molecular flexibility index (Phi) is 7.62. The Morgan fingerprint density at radius 3 is 2.22 bits per heavy atom. The first-order valence-corrected chi connectivity index (χ1v) is 13.4. The zero-order chi connectivity index (χ0) is 25.9. The van der Waals surface area contributed by atoms with Gasteiger partial charge in [-0.3, -0.25) is 13.9 Å². The monoisotopic (exact) mass is 518 g/mol. The standard InChI is InChI=1S/C23H30N6O6S/c1-27(36(2,32)33)19-15-16(3-4-17(19)23(31)29-9-13-35-14-10-29)25-22-18(21(24)30)5-6-20(26-22)28-7-11-34-12-8-28/h3-6,15H,7-14H2,1-2H3,(H2,24,30)(H,25,26). The number of amides is 2. The Labute approximate surface area is 210 Å². The van der Waals surface area contributed by atoms with Gasteiger partial charge in [0.15, 0.2) is 0 Å². The third kappa shape index (κ3) is 5.69. The van der Waals surface area contributed by atoms with Gasteiger partial charge >= 0.3 is 0 Å².